The van der Waals surface area contributed by atoms with E-state index < -0.39 is 0 Å². The standard InChI is InChI=1S/C40H56O/c1-30(18-13-20-32(3)23-25-37-34(5)22-15-27-39(37,7)8)16-11-12-17-31(2)19-14-21-33(4)24-26-38-35(6)28-36(41)29-40(38,9)10/h11-14,16-21,23-26,36,41H,15,22,27-29H2,1-10H3/b12-11+,18-13-,19-14-,25-23+,26-24+,30-16+,31-17+,32-20-,33-21-/t36-/m0/s1. The maximum atomic E-state index is 10.1. The van der Waals surface area contributed by atoms with E-state index >= 15 is 0 Å². The molecule has 0 aromatic carbocycles. The summed E-state index contributed by atoms with van der Waals surface area (Å²) in [6.07, 6.45) is 35.5. The minimum Gasteiger partial charge on any atom is -0.393 e. The topological polar surface area (TPSA) is 20.2 Å². The molecular weight excluding hydrogens is 496 g/mol. The smallest absolute Gasteiger partial charge is 0.0585 e. The van der Waals surface area contributed by atoms with Crippen LogP contribution in [0.3, 0.4) is 0 Å². The molecule has 1 N–H and O–H groups in total. The van der Waals surface area contributed by atoms with Crippen molar-refractivity contribution < 1.29 is 5.11 Å². The summed E-state index contributed by atoms with van der Waals surface area (Å²) in [5.41, 5.74) is 10.9. The van der Waals surface area contributed by atoms with Crippen LogP contribution in [-0.2, 0) is 0 Å². The van der Waals surface area contributed by atoms with Crippen LogP contribution in [-0.4, -0.2) is 11.2 Å². The summed E-state index contributed by atoms with van der Waals surface area (Å²) in [7, 11) is 0. The minimum absolute atomic E-state index is 0.0128. The van der Waals surface area contributed by atoms with Crippen molar-refractivity contribution in [2.75, 3.05) is 0 Å². The molecule has 0 spiro atoms. The van der Waals surface area contributed by atoms with Gasteiger partial charge in [-0.25, -0.2) is 0 Å². The Labute approximate surface area is 252 Å². The Morgan fingerprint density at radius 1 is 0.634 bits per heavy atom. The summed E-state index contributed by atoms with van der Waals surface area (Å²) in [4.78, 5) is 0. The van der Waals surface area contributed by atoms with Gasteiger partial charge in [-0.1, -0.05) is 146 Å². The molecule has 2 aliphatic rings. The lowest BCUT2D eigenvalue weighted by Crippen LogP contribution is -2.28. The van der Waals surface area contributed by atoms with Crippen LogP contribution in [0, 0.1) is 10.8 Å². The normalized spacial score (nSPS) is 23.5. The van der Waals surface area contributed by atoms with E-state index in [2.05, 4.69) is 154 Å². The number of rotatable bonds is 10. The van der Waals surface area contributed by atoms with Gasteiger partial charge in [-0.2, -0.15) is 0 Å². The van der Waals surface area contributed by atoms with Crippen molar-refractivity contribution >= 4 is 0 Å². The van der Waals surface area contributed by atoms with Gasteiger partial charge in [0.15, 0.2) is 0 Å². The van der Waals surface area contributed by atoms with E-state index in [4.69, 9.17) is 0 Å². The summed E-state index contributed by atoms with van der Waals surface area (Å²) in [6, 6.07) is 0. The second kappa shape index (κ2) is 15.9. The highest BCUT2D eigenvalue weighted by atomic mass is 16.3. The number of aliphatic hydroxyl groups is 1. The average Bonchev–Trinajstić information content (AvgIpc) is 2.84. The summed E-state index contributed by atoms with van der Waals surface area (Å²) in [5.74, 6) is 0. The van der Waals surface area contributed by atoms with Gasteiger partial charge < -0.3 is 5.11 Å². The zero-order valence-electron chi connectivity index (χ0n) is 27.6. The van der Waals surface area contributed by atoms with Gasteiger partial charge in [0.05, 0.1) is 6.10 Å². The van der Waals surface area contributed by atoms with E-state index in [1.165, 1.54) is 58.3 Å². The van der Waals surface area contributed by atoms with Crippen LogP contribution in [0.25, 0.3) is 0 Å². The quantitative estimate of drug-likeness (QED) is 0.267. The lowest BCUT2D eigenvalue weighted by molar-refractivity contribution is 0.116. The molecule has 2 aliphatic carbocycles. The van der Waals surface area contributed by atoms with Crippen molar-refractivity contribution in [1.82, 2.24) is 0 Å². The second-order valence-electron chi connectivity index (χ2n) is 13.5. The van der Waals surface area contributed by atoms with Crippen molar-refractivity contribution in [3.05, 3.63) is 130 Å². The first kappa shape index (κ1) is 34.3. The Balaban J connectivity index is 1.90. The largest absolute Gasteiger partial charge is 0.393 e. The highest BCUT2D eigenvalue weighted by Crippen LogP contribution is 2.42. The molecule has 0 unspecified atom stereocenters. The van der Waals surface area contributed by atoms with Crippen molar-refractivity contribution in [2.24, 2.45) is 10.8 Å². The first-order chi connectivity index (χ1) is 19.2. The fourth-order valence-corrected chi connectivity index (χ4v) is 5.96. The van der Waals surface area contributed by atoms with Gasteiger partial charge in [0.25, 0.3) is 0 Å². The van der Waals surface area contributed by atoms with Gasteiger partial charge in [0, 0.05) is 0 Å². The Morgan fingerprint density at radius 3 is 1.54 bits per heavy atom. The first-order valence-electron chi connectivity index (χ1n) is 15.4. The van der Waals surface area contributed by atoms with E-state index in [0.717, 1.165) is 12.8 Å². The van der Waals surface area contributed by atoms with E-state index in [1.54, 1.807) is 5.57 Å². The molecule has 0 aromatic rings. The predicted octanol–water partition coefficient (Wildman–Crippen LogP) is 11.6. The third kappa shape index (κ3) is 11.9. The van der Waals surface area contributed by atoms with Crippen LogP contribution in [0.5, 0.6) is 0 Å². The van der Waals surface area contributed by atoms with Gasteiger partial charge in [-0.3, -0.25) is 0 Å². The van der Waals surface area contributed by atoms with E-state index in [1.807, 2.05) is 0 Å². The summed E-state index contributed by atoms with van der Waals surface area (Å²) < 4.78 is 0. The number of hydrogen-bond donors (Lipinski definition) is 1. The number of hydrogen-bond acceptors (Lipinski definition) is 1. The Morgan fingerprint density at radius 2 is 1.07 bits per heavy atom. The molecule has 41 heavy (non-hydrogen) atoms. The third-order valence-electron chi connectivity index (χ3n) is 8.31. The first-order valence-corrected chi connectivity index (χ1v) is 15.4. The van der Waals surface area contributed by atoms with Gasteiger partial charge in [-0.05, 0) is 95.6 Å². The highest BCUT2D eigenvalue weighted by molar-refractivity contribution is 5.39. The average molecular weight is 553 g/mol. The molecule has 0 amide bonds. The molecule has 2 rings (SSSR count). The molecule has 222 valence electrons. The second-order valence-corrected chi connectivity index (χ2v) is 13.5. The minimum atomic E-state index is -0.220. The molecule has 1 heteroatoms. The fourth-order valence-electron chi connectivity index (χ4n) is 5.96. The van der Waals surface area contributed by atoms with Crippen LogP contribution >= 0.6 is 0 Å². The molecule has 0 radical (unpaired) electrons. The molecule has 0 saturated carbocycles. The Hall–Kier alpha value is -2.90. The van der Waals surface area contributed by atoms with Gasteiger partial charge in [-0.15, -0.1) is 0 Å². The zero-order chi connectivity index (χ0) is 30.6. The molecule has 0 saturated heterocycles. The third-order valence-corrected chi connectivity index (χ3v) is 8.31. The summed E-state index contributed by atoms with van der Waals surface area (Å²) >= 11 is 0. The Bertz CT molecular complexity index is 1250. The molecule has 1 atom stereocenters. The van der Waals surface area contributed by atoms with Crippen molar-refractivity contribution in [1.29, 1.82) is 0 Å². The van der Waals surface area contributed by atoms with Crippen LogP contribution in [0.2, 0.25) is 0 Å². The summed E-state index contributed by atoms with van der Waals surface area (Å²) in [5, 5.41) is 10.1. The van der Waals surface area contributed by atoms with Crippen LogP contribution in [0.15, 0.2) is 130 Å². The summed E-state index contributed by atoms with van der Waals surface area (Å²) in [6.45, 7) is 22.2. The SMILES string of the molecule is CC1=C(/C=C/C(C)=C\C=C/C(C)=C/C=C/C=C(C)/C=C\C=C(C)/C=C/C2=C(C)C[C@H](O)CC2(C)C)C(C)(C)CCC1. The van der Waals surface area contributed by atoms with Crippen molar-refractivity contribution in [3.63, 3.8) is 0 Å². The predicted molar refractivity (Wildman–Crippen MR) is 183 cm³/mol. The maximum absolute atomic E-state index is 10.1. The van der Waals surface area contributed by atoms with Crippen LogP contribution < -0.4 is 0 Å². The van der Waals surface area contributed by atoms with E-state index in [9.17, 15) is 5.11 Å². The Kier molecular flexibility index (Phi) is 13.3. The fraction of sp³-hybridized carbons (Fsp3) is 0.450. The molecule has 0 fully saturated rings. The lowest BCUT2D eigenvalue weighted by atomic mass is 9.71. The lowest BCUT2D eigenvalue weighted by Gasteiger charge is -2.35. The van der Waals surface area contributed by atoms with Gasteiger partial charge >= 0.3 is 0 Å². The van der Waals surface area contributed by atoms with E-state index in [0.29, 0.717) is 0 Å². The maximum Gasteiger partial charge on any atom is 0.0585 e. The molecule has 0 heterocycles. The van der Waals surface area contributed by atoms with Crippen molar-refractivity contribution in [2.45, 2.75) is 107 Å². The van der Waals surface area contributed by atoms with Crippen LogP contribution in [0.1, 0.15) is 101 Å². The highest BCUT2D eigenvalue weighted by Gasteiger charge is 2.31. The number of aliphatic hydroxyl groups excluding tert-OH is 1. The monoisotopic (exact) mass is 552 g/mol. The van der Waals surface area contributed by atoms with Crippen molar-refractivity contribution in [3.8, 4) is 0 Å². The van der Waals surface area contributed by atoms with Gasteiger partial charge in [0.1, 0.15) is 0 Å². The molecular formula is C40H56O. The van der Waals surface area contributed by atoms with Gasteiger partial charge in [0.2, 0.25) is 0 Å². The number of allylic oxidation sites excluding steroid dienone is 21. The molecule has 1 nitrogen and oxygen atoms in total. The molecule has 0 aliphatic heterocycles. The molecule has 0 aromatic heterocycles. The van der Waals surface area contributed by atoms with E-state index in [-0.39, 0.29) is 16.9 Å². The zero-order valence-corrected chi connectivity index (χ0v) is 27.6. The molecule has 0 bridgehead atoms. The van der Waals surface area contributed by atoms with Crippen LogP contribution in [0.4, 0.5) is 0 Å².